The van der Waals surface area contributed by atoms with Gasteiger partial charge in [-0.15, -0.1) is 0 Å². The number of aliphatic imine (C=N–C) groups is 1. The van der Waals surface area contributed by atoms with E-state index >= 15 is 0 Å². The molecule has 2 unspecified atom stereocenters. The molecular weight excluding hydrogens is 484 g/mol. The van der Waals surface area contributed by atoms with Crippen molar-refractivity contribution in [3.8, 4) is 0 Å². The van der Waals surface area contributed by atoms with Crippen molar-refractivity contribution in [1.29, 1.82) is 0 Å². The van der Waals surface area contributed by atoms with Crippen LogP contribution in [-0.2, 0) is 34.0 Å². The SMILES string of the molecule is CCc1cc2c(nc1Cl)CC(CC1(C)CC1)C(C)C(=O)C(=NCc1ccc(S(=O)(=O)CC)cn1)N2. The van der Waals surface area contributed by atoms with Gasteiger partial charge in [-0.1, -0.05) is 39.3 Å². The molecule has 0 saturated heterocycles. The molecule has 0 bridgehead atoms. The van der Waals surface area contributed by atoms with Crippen molar-refractivity contribution >= 4 is 38.7 Å². The Kier molecular flexibility index (Phi) is 7.34. The summed E-state index contributed by atoms with van der Waals surface area (Å²) in [5.41, 5.74) is 3.43. The zero-order valence-corrected chi connectivity index (χ0v) is 22.3. The molecule has 2 aliphatic rings. The zero-order valence-electron chi connectivity index (χ0n) is 20.8. The van der Waals surface area contributed by atoms with Gasteiger partial charge in [-0.25, -0.2) is 13.4 Å². The maximum absolute atomic E-state index is 13.6. The van der Waals surface area contributed by atoms with E-state index in [0.29, 0.717) is 22.7 Å². The molecule has 2 aromatic rings. The van der Waals surface area contributed by atoms with Crippen molar-refractivity contribution in [2.24, 2.45) is 22.2 Å². The number of rotatable bonds is 7. The number of carbonyl (C=O) groups excluding carboxylic acids is 1. The van der Waals surface area contributed by atoms with Gasteiger partial charge >= 0.3 is 0 Å². The van der Waals surface area contributed by atoms with Crippen molar-refractivity contribution in [1.82, 2.24) is 9.97 Å². The van der Waals surface area contributed by atoms with Gasteiger partial charge in [-0.2, -0.15) is 0 Å². The van der Waals surface area contributed by atoms with Crippen molar-refractivity contribution in [2.45, 2.75) is 71.2 Å². The van der Waals surface area contributed by atoms with Gasteiger partial charge in [0.1, 0.15) is 5.15 Å². The molecule has 4 rings (SSSR count). The normalized spacial score (nSPS) is 22.8. The van der Waals surface area contributed by atoms with Gasteiger partial charge in [0.15, 0.2) is 15.7 Å². The van der Waals surface area contributed by atoms with Crippen LogP contribution in [0.2, 0.25) is 5.15 Å². The highest BCUT2D eigenvalue weighted by Crippen LogP contribution is 2.52. The summed E-state index contributed by atoms with van der Waals surface area (Å²) in [6, 6.07) is 5.16. The standard InChI is InChI=1S/C26H33ClN4O3S/c1-5-17-11-22-21(30-24(17)27)12-18(13-26(4)9-10-26)16(3)23(32)25(31-22)29-14-19-7-8-20(15-28-19)35(33,34)6-2/h7-8,11,15-16,18H,5-6,9-10,12-14H2,1-4H3,(H,29,31). The highest BCUT2D eigenvalue weighted by Gasteiger charge is 2.42. The van der Waals surface area contributed by atoms with E-state index in [9.17, 15) is 13.2 Å². The molecule has 0 amide bonds. The van der Waals surface area contributed by atoms with Gasteiger partial charge < -0.3 is 5.32 Å². The largest absolute Gasteiger partial charge is 0.336 e. The van der Waals surface area contributed by atoms with Crippen LogP contribution in [0.15, 0.2) is 34.3 Å². The molecule has 7 nitrogen and oxygen atoms in total. The number of ketones is 1. The number of aryl methyl sites for hydroxylation is 1. The Morgan fingerprint density at radius 1 is 1.26 bits per heavy atom. The van der Waals surface area contributed by atoms with E-state index < -0.39 is 9.84 Å². The number of Topliss-reactive ketones (excluding diaryl/α,β-unsaturated/α-hetero) is 1. The molecule has 1 saturated carbocycles. The number of hydrogen-bond acceptors (Lipinski definition) is 6. The van der Waals surface area contributed by atoms with Crippen LogP contribution in [0.4, 0.5) is 5.69 Å². The fourth-order valence-electron chi connectivity index (χ4n) is 4.56. The third-order valence-electron chi connectivity index (χ3n) is 7.37. The van der Waals surface area contributed by atoms with E-state index in [1.54, 1.807) is 19.1 Å². The minimum Gasteiger partial charge on any atom is -0.336 e. The molecule has 3 heterocycles. The summed E-state index contributed by atoms with van der Waals surface area (Å²) < 4.78 is 24.1. The fraction of sp³-hybridized carbons (Fsp3) is 0.538. The minimum atomic E-state index is -3.32. The maximum atomic E-state index is 13.6. The lowest BCUT2D eigenvalue weighted by molar-refractivity contribution is -0.117. The molecule has 35 heavy (non-hydrogen) atoms. The lowest BCUT2D eigenvalue weighted by atomic mass is 9.78. The quantitative estimate of drug-likeness (QED) is 0.516. The summed E-state index contributed by atoms with van der Waals surface area (Å²) in [5, 5.41) is 3.76. The van der Waals surface area contributed by atoms with Crippen LogP contribution < -0.4 is 5.32 Å². The molecule has 2 aromatic heterocycles. The first-order valence-corrected chi connectivity index (χ1v) is 14.3. The van der Waals surface area contributed by atoms with E-state index in [1.165, 1.54) is 19.0 Å². The lowest BCUT2D eigenvalue weighted by Crippen LogP contribution is -2.37. The molecule has 188 valence electrons. The Morgan fingerprint density at radius 2 is 2.00 bits per heavy atom. The summed E-state index contributed by atoms with van der Waals surface area (Å²) in [7, 11) is -3.32. The number of halogens is 1. The molecule has 1 fully saturated rings. The molecule has 1 N–H and O–H groups in total. The Morgan fingerprint density at radius 3 is 2.60 bits per heavy atom. The average molecular weight is 517 g/mol. The van der Waals surface area contributed by atoms with E-state index in [4.69, 9.17) is 16.6 Å². The highest BCUT2D eigenvalue weighted by atomic mass is 35.5. The Balaban J connectivity index is 1.66. The maximum Gasteiger partial charge on any atom is 0.200 e. The predicted octanol–water partition coefficient (Wildman–Crippen LogP) is 5.06. The van der Waals surface area contributed by atoms with Gasteiger partial charge in [-0.05, 0) is 67.2 Å². The van der Waals surface area contributed by atoms with Gasteiger partial charge in [-0.3, -0.25) is 14.8 Å². The van der Waals surface area contributed by atoms with Crippen LogP contribution in [0.25, 0.3) is 0 Å². The van der Waals surface area contributed by atoms with Crippen molar-refractivity contribution in [3.63, 3.8) is 0 Å². The second-order valence-electron chi connectivity index (χ2n) is 10.1. The van der Waals surface area contributed by atoms with Crippen molar-refractivity contribution in [3.05, 3.63) is 46.5 Å². The van der Waals surface area contributed by atoms with E-state index in [-0.39, 0.29) is 40.6 Å². The average Bonchev–Trinajstić information content (AvgIpc) is 3.57. The van der Waals surface area contributed by atoms with Crippen LogP contribution in [0.3, 0.4) is 0 Å². The summed E-state index contributed by atoms with van der Waals surface area (Å²) in [6.07, 6.45) is 6.12. The number of nitrogens with one attached hydrogen (secondary N) is 1. The van der Waals surface area contributed by atoms with E-state index in [0.717, 1.165) is 29.8 Å². The Labute approximate surface area is 212 Å². The molecule has 2 atom stereocenters. The van der Waals surface area contributed by atoms with Crippen LogP contribution in [0, 0.1) is 17.3 Å². The number of nitrogens with zero attached hydrogens (tertiary/aromatic N) is 3. The predicted molar refractivity (Wildman–Crippen MR) is 139 cm³/mol. The van der Waals surface area contributed by atoms with Crippen LogP contribution in [0.1, 0.15) is 63.9 Å². The number of anilines is 1. The van der Waals surface area contributed by atoms with E-state index in [2.05, 4.69) is 22.2 Å². The number of pyridine rings is 2. The third kappa shape index (κ3) is 5.75. The summed E-state index contributed by atoms with van der Waals surface area (Å²) in [6.45, 7) is 8.04. The van der Waals surface area contributed by atoms with Crippen molar-refractivity contribution < 1.29 is 13.2 Å². The van der Waals surface area contributed by atoms with Crippen LogP contribution in [0.5, 0.6) is 0 Å². The lowest BCUT2D eigenvalue weighted by Gasteiger charge is -2.30. The number of amidine groups is 1. The number of aromatic nitrogens is 2. The first kappa shape index (κ1) is 25.8. The molecular formula is C26H33ClN4O3S. The molecule has 1 aliphatic carbocycles. The Hall–Kier alpha value is -2.32. The molecule has 1 aliphatic heterocycles. The van der Waals surface area contributed by atoms with Crippen LogP contribution >= 0.6 is 11.6 Å². The summed E-state index contributed by atoms with van der Waals surface area (Å²) in [4.78, 5) is 27.3. The van der Waals surface area contributed by atoms with Gasteiger partial charge in [0, 0.05) is 12.1 Å². The van der Waals surface area contributed by atoms with Gasteiger partial charge in [0.2, 0.25) is 5.78 Å². The minimum absolute atomic E-state index is 0.0179. The number of fused-ring (bicyclic) bond motifs is 1. The number of carbonyl (C=O) groups is 1. The molecule has 9 heteroatoms. The topological polar surface area (TPSA) is 101 Å². The first-order chi connectivity index (χ1) is 16.5. The van der Waals surface area contributed by atoms with E-state index in [1.807, 2.05) is 19.9 Å². The second-order valence-corrected chi connectivity index (χ2v) is 12.7. The third-order valence-corrected chi connectivity index (χ3v) is 9.41. The Bertz CT molecular complexity index is 1250. The molecule has 0 aromatic carbocycles. The van der Waals surface area contributed by atoms with Gasteiger partial charge in [0.25, 0.3) is 0 Å². The van der Waals surface area contributed by atoms with Crippen LogP contribution in [-0.4, -0.2) is 35.8 Å². The fourth-order valence-corrected chi connectivity index (χ4v) is 5.67. The summed E-state index contributed by atoms with van der Waals surface area (Å²) in [5.74, 6) is 0.201. The van der Waals surface area contributed by atoms with Crippen molar-refractivity contribution in [2.75, 3.05) is 11.1 Å². The monoisotopic (exact) mass is 516 g/mol. The van der Waals surface area contributed by atoms with Gasteiger partial charge in [0.05, 0.1) is 34.3 Å². The molecule has 0 radical (unpaired) electrons. The molecule has 0 spiro atoms. The smallest absolute Gasteiger partial charge is 0.200 e. The zero-order chi connectivity index (χ0) is 25.4. The second kappa shape index (κ2) is 9.97. The number of sulfone groups is 1. The first-order valence-electron chi connectivity index (χ1n) is 12.3. The number of hydrogen-bond donors (Lipinski definition) is 1. The highest BCUT2D eigenvalue weighted by molar-refractivity contribution is 7.91. The summed E-state index contributed by atoms with van der Waals surface area (Å²) >= 11 is 6.46.